The first-order valence-corrected chi connectivity index (χ1v) is 9.61. The van der Waals surface area contributed by atoms with Crippen molar-refractivity contribution in [3.05, 3.63) is 59.0 Å². The van der Waals surface area contributed by atoms with Crippen LogP contribution in [0.2, 0.25) is 5.28 Å². The maximum Gasteiger partial charge on any atom is 0.406 e. The lowest BCUT2D eigenvalue weighted by Gasteiger charge is -2.18. The molecular formula is C21H16ClF3N4. The Balaban J connectivity index is 1.70. The van der Waals surface area contributed by atoms with Crippen molar-refractivity contribution in [1.82, 2.24) is 19.9 Å². The first kappa shape index (κ1) is 18.4. The van der Waals surface area contributed by atoms with Gasteiger partial charge in [0.25, 0.3) is 0 Å². The van der Waals surface area contributed by atoms with Gasteiger partial charge in [0.05, 0.1) is 17.2 Å². The summed E-state index contributed by atoms with van der Waals surface area (Å²) in [5, 5.41) is 4.00. The average molecular weight is 417 g/mol. The van der Waals surface area contributed by atoms with Crippen molar-refractivity contribution in [2.75, 3.05) is 6.54 Å². The van der Waals surface area contributed by atoms with E-state index in [2.05, 4.69) is 33.5 Å². The van der Waals surface area contributed by atoms with Gasteiger partial charge < -0.3 is 9.88 Å². The Bertz CT molecular complexity index is 1250. The molecule has 0 saturated heterocycles. The van der Waals surface area contributed by atoms with E-state index in [0.29, 0.717) is 21.9 Å². The molecular weight excluding hydrogens is 401 g/mol. The minimum atomic E-state index is -4.36. The number of aromatic nitrogens is 3. The van der Waals surface area contributed by atoms with Gasteiger partial charge in [-0.2, -0.15) is 13.2 Å². The maximum absolute atomic E-state index is 13.2. The molecule has 0 radical (unpaired) electrons. The van der Waals surface area contributed by atoms with Crippen LogP contribution in [0.3, 0.4) is 0 Å². The second-order valence-electron chi connectivity index (χ2n) is 7.22. The molecule has 0 unspecified atom stereocenters. The number of benzene rings is 2. The van der Waals surface area contributed by atoms with Crippen LogP contribution < -0.4 is 5.32 Å². The Kier molecular flexibility index (Phi) is 4.26. The van der Waals surface area contributed by atoms with E-state index in [0.717, 1.165) is 30.6 Å². The van der Waals surface area contributed by atoms with Gasteiger partial charge in [-0.05, 0) is 65.0 Å². The second kappa shape index (κ2) is 6.71. The summed E-state index contributed by atoms with van der Waals surface area (Å²) in [6.07, 6.45) is -2.02. The Morgan fingerprint density at radius 2 is 1.83 bits per heavy atom. The Morgan fingerprint density at radius 1 is 1.03 bits per heavy atom. The van der Waals surface area contributed by atoms with E-state index in [1.165, 1.54) is 21.9 Å². The molecule has 0 bridgehead atoms. The normalized spacial score (nSPS) is 14.5. The molecule has 1 aliphatic rings. The van der Waals surface area contributed by atoms with Gasteiger partial charge in [-0.15, -0.1) is 0 Å². The van der Waals surface area contributed by atoms with Crippen LogP contribution in [-0.4, -0.2) is 27.3 Å². The minimum Gasteiger partial charge on any atom is -0.329 e. The molecule has 4 aromatic rings. The van der Waals surface area contributed by atoms with Crippen LogP contribution >= 0.6 is 11.6 Å². The Morgan fingerprint density at radius 3 is 2.66 bits per heavy atom. The summed E-state index contributed by atoms with van der Waals surface area (Å²) in [6, 6.07) is 11.8. The van der Waals surface area contributed by atoms with Gasteiger partial charge in [0.15, 0.2) is 0 Å². The highest BCUT2D eigenvalue weighted by Crippen LogP contribution is 2.34. The Hall–Kier alpha value is -2.64. The molecule has 2 aromatic carbocycles. The van der Waals surface area contributed by atoms with Crippen molar-refractivity contribution in [3.63, 3.8) is 0 Å². The number of hydrogen-bond donors (Lipinski definition) is 1. The van der Waals surface area contributed by atoms with Crippen LogP contribution in [0.15, 0.2) is 42.6 Å². The Labute approximate surface area is 169 Å². The topological polar surface area (TPSA) is 42.7 Å². The molecule has 2 aromatic heterocycles. The monoisotopic (exact) mass is 416 g/mol. The van der Waals surface area contributed by atoms with Crippen molar-refractivity contribution in [1.29, 1.82) is 0 Å². The van der Waals surface area contributed by atoms with E-state index < -0.39 is 12.7 Å². The number of nitrogens with one attached hydrogen (secondary N) is 1. The third kappa shape index (κ3) is 3.34. The fourth-order valence-electron chi connectivity index (χ4n) is 4.03. The molecule has 29 heavy (non-hydrogen) atoms. The third-order valence-corrected chi connectivity index (χ3v) is 5.52. The lowest BCUT2D eigenvalue weighted by Crippen LogP contribution is -2.23. The van der Waals surface area contributed by atoms with Crippen LogP contribution in [-0.2, 0) is 19.5 Å². The van der Waals surface area contributed by atoms with E-state index in [1.807, 2.05) is 12.1 Å². The largest absolute Gasteiger partial charge is 0.406 e. The number of halogens is 4. The molecule has 0 fully saturated rings. The summed E-state index contributed by atoms with van der Waals surface area (Å²) >= 11 is 5.94. The van der Waals surface area contributed by atoms with E-state index in [1.54, 1.807) is 6.07 Å². The summed E-state index contributed by atoms with van der Waals surface area (Å²) in [7, 11) is 0. The van der Waals surface area contributed by atoms with Gasteiger partial charge in [-0.1, -0.05) is 18.2 Å². The van der Waals surface area contributed by atoms with E-state index in [-0.39, 0.29) is 5.28 Å². The molecule has 4 nitrogen and oxygen atoms in total. The zero-order chi connectivity index (χ0) is 20.2. The maximum atomic E-state index is 13.2. The molecule has 3 heterocycles. The summed E-state index contributed by atoms with van der Waals surface area (Å²) in [4.78, 5) is 8.10. The number of hydrogen-bond acceptors (Lipinski definition) is 3. The van der Waals surface area contributed by atoms with Gasteiger partial charge in [0.1, 0.15) is 12.1 Å². The van der Waals surface area contributed by atoms with Gasteiger partial charge in [-0.3, -0.25) is 0 Å². The molecule has 1 N–H and O–H groups in total. The van der Waals surface area contributed by atoms with Crippen molar-refractivity contribution in [3.8, 4) is 11.1 Å². The van der Waals surface area contributed by atoms with Crippen LogP contribution in [0.4, 0.5) is 13.2 Å². The van der Waals surface area contributed by atoms with Crippen molar-refractivity contribution >= 4 is 33.5 Å². The summed E-state index contributed by atoms with van der Waals surface area (Å²) in [6.45, 7) is 0.679. The SMILES string of the molecule is FC(F)(F)Cn1c2ccc(-c3ccc4c(c3)CNCC4)cc2c2nc(Cl)ncc21. The predicted molar refractivity (Wildman–Crippen MR) is 107 cm³/mol. The van der Waals surface area contributed by atoms with Crippen LogP contribution in [0, 0.1) is 0 Å². The molecule has 0 amide bonds. The number of nitrogens with zero attached hydrogens (tertiary/aromatic N) is 3. The molecule has 1 aliphatic heterocycles. The summed E-state index contributed by atoms with van der Waals surface area (Å²) < 4.78 is 40.7. The molecule has 5 rings (SSSR count). The van der Waals surface area contributed by atoms with E-state index in [4.69, 9.17) is 11.6 Å². The van der Waals surface area contributed by atoms with E-state index >= 15 is 0 Å². The van der Waals surface area contributed by atoms with Crippen molar-refractivity contribution < 1.29 is 13.2 Å². The quantitative estimate of drug-likeness (QED) is 0.461. The first-order chi connectivity index (χ1) is 13.9. The number of alkyl halides is 3. The second-order valence-corrected chi connectivity index (χ2v) is 7.55. The minimum absolute atomic E-state index is 0.00816. The molecule has 0 spiro atoms. The molecule has 8 heteroatoms. The van der Waals surface area contributed by atoms with Crippen LogP contribution in [0.25, 0.3) is 33.1 Å². The lowest BCUT2D eigenvalue weighted by molar-refractivity contribution is -0.139. The molecule has 0 aliphatic carbocycles. The highest BCUT2D eigenvalue weighted by Gasteiger charge is 2.30. The smallest absolute Gasteiger partial charge is 0.329 e. The van der Waals surface area contributed by atoms with E-state index in [9.17, 15) is 13.2 Å². The highest BCUT2D eigenvalue weighted by atomic mass is 35.5. The van der Waals surface area contributed by atoms with Crippen molar-refractivity contribution in [2.45, 2.75) is 25.7 Å². The number of rotatable bonds is 2. The zero-order valence-electron chi connectivity index (χ0n) is 15.2. The fraction of sp³-hybridized carbons (Fsp3) is 0.238. The van der Waals surface area contributed by atoms with Crippen LogP contribution in [0.5, 0.6) is 0 Å². The van der Waals surface area contributed by atoms with Gasteiger partial charge in [-0.25, -0.2) is 9.97 Å². The molecule has 148 valence electrons. The average Bonchev–Trinajstić information content (AvgIpc) is 2.98. The summed E-state index contributed by atoms with van der Waals surface area (Å²) in [5.41, 5.74) is 5.71. The summed E-state index contributed by atoms with van der Waals surface area (Å²) in [5.74, 6) is 0. The molecule has 0 atom stereocenters. The van der Waals surface area contributed by atoms with Gasteiger partial charge in [0.2, 0.25) is 5.28 Å². The van der Waals surface area contributed by atoms with Gasteiger partial charge >= 0.3 is 6.18 Å². The third-order valence-electron chi connectivity index (χ3n) is 5.34. The van der Waals surface area contributed by atoms with Gasteiger partial charge in [0, 0.05) is 11.9 Å². The molecule has 0 saturated carbocycles. The highest BCUT2D eigenvalue weighted by molar-refractivity contribution is 6.28. The van der Waals surface area contributed by atoms with Crippen LogP contribution in [0.1, 0.15) is 11.1 Å². The number of fused-ring (bicyclic) bond motifs is 4. The first-order valence-electron chi connectivity index (χ1n) is 9.23. The standard InChI is InChI=1S/C21H16ClF3N4/c22-20-27-10-18-19(28-20)16-8-14(3-4-17(16)29(18)11-21(23,24)25)13-2-1-12-5-6-26-9-15(12)7-13/h1-4,7-8,10,26H,5-6,9,11H2. The zero-order valence-corrected chi connectivity index (χ0v) is 16.0. The predicted octanol–water partition coefficient (Wildman–Crippen LogP) is 5.11. The van der Waals surface area contributed by atoms with Crippen molar-refractivity contribution in [2.24, 2.45) is 0 Å². The lowest BCUT2D eigenvalue weighted by atomic mass is 9.95. The fourth-order valence-corrected chi connectivity index (χ4v) is 4.16.